The molecule has 1 amide bonds. The molecule has 0 aliphatic heterocycles. The molecular formula is C17H15FN2OS2. The van der Waals surface area contributed by atoms with Crippen LogP contribution < -0.4 is 5.32 Å². The molecule has 0 fully saturated rings. The quantitative estimate of drug-likeness (QED) is 0.742. The molecule has 3 nitrogen and oxygen atoms in total. The standard InChI is InChI=1S/C17H15FN2OS2/c1-11(15-3-2-8-22-15)19-16(21)9-14-10-23-17(20-14)12-4-6-13(18)7-5-12/h2-8,10-11H,9H2,1H3,(H,19,21)/t11-/m1/s1. The molecule has 0 saturated heterocycles. The first-order valence-electron chi connectivity index (χ1n) is 7.15. The van der Waals surface area contributed by atoms with Crippen LogP contribution in [-0.4, -0.2) is 10.9 Å². The van der Waals surface area contributed by atoms with Crippen LogP contribution in [0.3, 0.4) is 0 Å². The molecule has 2 heterocycles. The lowest BCUT2D eigenvalue weighted by atomic mass is 10.2. The molecule has 0 radical (unpaired) electrons. The summed E-state index contributed by atoms with van der Waals surface area (Å²) in [5, 5.41) is 7.63. The fourth-order valence-electron chi connectivity index (χ4n) is 2.18. The van der Waals surface area contributed by atoms with Crippen LogP contribution in [0.2, 0.25) is 0 Å². The zero-order chi connectivity index (χ0) is 16.2. The minimum atomic E-state index is -0.271. The van der Waals surface area contributed by atoms with E-state index in [4.69, 9.17) is 0 Å². The van der Waals surface area contributed by atoms with E-state index in [9.17, 15) is 9.18 Å². The number of hydrogen-bond acceptors (Lipinski definition) is 4. The van der Waals surface area contributed by atoms with Crippen LogP contribution in [0.1, 0.15) is 23.5 Å². The van der Waals surface area contributed by atoms with Crippen LogP contribution in [0.25, 0.3) is 10.6 Å². The molecule has 6 heteroatoms. The van der Waals surface area contributed by atoms with E-state index in [2.05, 4.69) is 10.3 Å². The second-order valence-corrected chi connectivity index (χ2v) is 6.97. The Morgan fingerprint density at radius 2 is 2.04 bits per heavy atom. The van der Waals surface area contributed by atoms with Gasteiger partial charge in [0.15, 0.2) is 0 Å². The van der Waals surface area contributed by atoms with Crippen molar-refractivity contribution < 1.29 is 9.18 Å². The Balaban J connectivity index is 1.62. The molecular weight excluding hydrogens is 331 g/mol. The molecule has 0 bridgehead atoms. The van der Waals surface area contributed by atoms with Crippen LogP contribution in [-0.2, 0) is 11.2 Å². The Kier molecular flexibility index (Phi) is 4.83. The summed E-state index contributed by atoms with van der Waals surface area (Å²) >= 11 is 3.08. The fraction of sp³-hybridized carbons (Fsp3) is 0.176. The van der Waals surface area contributed by atoms with E-state index in [0.29, 0.717) is 0 Å². The lowest BCUT2D eigenvalue weighted by Gasteiger charge is -2.11. The number of thiophene rings is 1. The van der Waals surface area contributed by atoms with Gasteiger partial charge < -0.3 is 5.32 Å². The maximum atomic E-state index is 12.9. The average Bonchev–Trinajstić information content (AvgIpc) is 3.19. The molecule has 1 N–H and O–H groups in total. The number of nitrogens with zero attached hydrogens (tertiary/aromatic N) is 1. The third-order valence-electron chi connectivity index (χ3n) is 3.33. The molecule has 0 unspecified atom stereocenters. The van der Waals surface area contributed by atoms with E-state index in [0.717, 1.165) is 21.1 Å². The Bertz CT molecular complexity index is 781. The maximum Gasteiger partial charge on any atom is 0.226 e. The molecule has 0 aliphatic carbocycles. The largest absolute Gasteiger partial charge is 0.348 e. The molecule has 118 valence electrons. The van der Waals surface area contributed by atoms with Crippen molar-refractivity contribution in [1.29, 1.82) is 0 Å². The zero-order valence-corrected chi connectivity index (χ0v) is 14.1. The smallest absolute Gasteiger partial charge is 0.226 e. The van der Waals surface area contributed by atoms with E-state index < -0.39 is 0 Å². The van der Waals surface area contributed by atoms with Crippen LogP contribution in [0.5, 0.6) is 0 Å². The van der Waals surface area contributed by atoms with Crippen molar-refractivity contribution in [3.8, 4) is 10.6 Å². The number of carbonyl (C=O) groups is 1. The number of amides is 1. The highest BCUT2D eigenvalue weighted by atomic mass is 32.1. The predicted octanol–water partition coefficient (Wildman–Crippen LogP) is 4.43. The maximum absolute atomic E-state index is 12.9. The van der Waals surface area contributed by atoms with Gasteiger partial charge in [-0.1, -0.05) is 6.07 Å². The van der Waals surface area contributed by atoms with Gasteiger partial charge in [-0.25, -0.2) is 9.37 Å². The first-order valence-corrected chi connectivity index (χ1v) is 8.91. The summed E-state index contributed by atoms with van der Waals surface area (Å²) in [5.74, 6) is -0.325. The number of carbonyl (C=O) groups excluding carboxylic acids is 1. The van der Waals surface area contributed by atoms with Crippen LogP contribution in [0.4, 0.5) is 4.39 Å². The van der Waals surface area contributed by atoms with E-state index >= 15 is 0 Å². The van der Waals surface area contributed by atoms with Gasteiger partial charge in [-0.05, 0) is 42.6 Å². The fourth-order valence-corrected chi connectivity index (χ4v) is 3.74. The Hall–Kier alpha value is -2.05. The van der Waals surface area contributed by atoms with Crippen molar-refractivity contribution in [3.63, 3.8) is 0 Å². The Morgan fingerprint density at radius 3 is 2.74 bits per heavy atom. The van der Waals surface area contributed by atoms with Gasteiger partial charge >= 0.3 is 0 Å². The SMILES string of the molecule is C[C@@H](NC(=O)Cc1csc(-c2ccc(F)cc2)n1)c1cccs1. The molecule has 1 atom stereocenters. The summed E-state index contributed by atoms with van der Waals surface area (Å²) in [6.45, 7) is 1.97. The first-order chi connectivity index (χ1) is 11.1. The van der Waals surface area contributed by atoms with Gasteiger partial charge in [0.25, 0.3) is 0 Å². The number of halogens is 1. The van der Waals surface area contributed by atoms with E-state index in [1.165, 1.54) is 23.5 Å². The van der Waals surface area contributed by atoms with Crippen LogP contribution >= 0.6 is 22.7 Å². The summed E-state index contributed by atoms with van der Waals surface area (Å²) in [6, 6.07) is 10.2. The molecule has 0 spiro atoms. The van der Waals surface area contributed by atoms with Crippen molar-refractivity contribution in [2.24, 2.45) is 0 Å². The van der Waals surface area contributed by atoms with E-state index in [1.54, 1.807) is 23.5 Å². The molecule has 0 saturated carbocycles. The summed E-state index contributed by atoms with van der Waals surface area (Å²) in [7, 11) is 0. The highest BCUT2D eigenvalue weighted by Gasteiger charge is 2.13. The third kappa shape index (κ3) is 4.03. The number of rotatable bonds is 5. The molecule has 3 rings (SSSR count). The van der Waals surface area contributed by atoms with Crippen LogP contribution in [0.15, 0.2) is 47.2 Å². The van der Waals surface area contributed by atoms with Crippen molar-refractivity contribution >= 4 is 28.6 Å². The van der Waals surface area contributed by atoms with Crippen molar-refractivity contribution in [2.75, 3.05) is 0 Å². The number of benzene rings is 1. The predicted molar refractivity (Wildman–Crippen MR) is 92.1 cm³/mol. The minimum Gasteiger partial charge on any atom is -0.348 e. The highest BCUT2D eigenvalue weighted by molar-refractivity contribution is 7.13. The van der Waals surface area contributed by atoms with Gasteiger partial charge in [0, 0.05) is 15.8 Å². The van der Waals surface area contributed by atoms with E-state index in [-0.39, 0.29) is 24.2 Å². The van der Waals surface area contributed by atoms with Crippen molar-refractivity contribution in [1.82, 2.24) is 10.3 Å². The van der Waals surface area contributed by atoms with Crippen molar-refractivity contribution in [2.45, 2.75) is 19.4 Å². The molecule has 23 heavy (non-hydrogen) atoms. The van der Waals surface area contributed by atoms with Gasteiger partial charge in [-0.2, -0.15) is 0 Å². The second kappa shape index (κ2) is 7.02. The van der Waals surface area contributed by atoms with Gasteiger partial charge in [-0.3, -0.25) is 4.79 Å². The Morgan fingerprint density at radius 1 is 1.26 bits per heavy atom. The molecule has 0 aliphatic rings. The Labute approximate surface area is 141 Å². The van der Waals surface area contributed by atoms with Crippen LogP contribution in [0, 0.1) is 5.82 Å². The zero-order valence-electron chi connectivity index (χ0n) is 12.5. The second-order valence-electron chi connectivity index (χ2n) is 5.13. The molecule has 1 aromatic carbocycles. The number of nitrogens with one attached hydrogen (secondary N) is 1. The van der Waals surface area contributed by atoms with E-state index in [1.807, 2.05) is 29.8 Å². The van der Waals surface area contributed by atoms with Gasteiger partial charge in [0.2, 0.25) is 5.91 Å². The van der Waals surface area contributed by atoms with Crippen molar-refractivity contribution in [3.05, 3.63) is 63.5 Å². The lowest BCUT2D eigenvalue weighted by molar-refractivity contribution is -0.121. The summed E-state index contributed by atoms with van der Waals surface area (Å²) in [6.07, 6.45) is 0.243. The number of thiazole rings is 1. The highest BCUT2D eigenvalue weighted by Crippen LogP contribution is 2.24. The molecule has 2 aromatic heterocycles. The third-order valence-corrected chi connectivity index (χ3v) is 5.33. The van der Waals surface area contributed by atoms with Gasteiger partial charge in [0.1, 0.15) is 10.8 Å². The lowest BCUT2D eigenvalue weighted by Crippen LogP contribution is -2.27. The van der Waals surface area contributed by atoms with Gasteiger partial charge in [-0.15, -0.1) is 22.7 Å². The minimum absolute atomic E-state index is 0.00213. The average molecular weight is 346 g/mol. The topological polar surface area (TPSA) is 42.0 Å². The summed E-state index contributed by atoms with van der Waals surface area (Å²) in [5.41, 5.74) is 1.58. The summed E-state index contributed by atoms with van der Waals surface area (Å²) in [4.78, 5) is 17.7. The monoisotopic (exact) mass is 346 g/mol. The number of hydrogen-bond donors (Lipinski definition) is 1. The number of aromatic nitrogens is 1. The van der Waals surface area contributed by atoms with Gasteiger partial charge in [0.05, 0.1) is 18.2 Å². The normalized spacial score (nSPS) is 12.1. The molecule has 3 aromatic rings. The first kappa shape index (κ1) is 15.8. The summed E-state index contributed by atoms with van der Waals surface area (Å²) < 4.78 is 12.9.